The highest BCUT2D eigenvalue weighted by molar-refractivity contribution is 5.58. The molecule has 0 amide bonds. The van der Waals surface area contributed by atoms with Gasteiger partial charge in [0.15, 0.2) is 0 Å². The lowest BCUT2D eigenvalue weighted by molar-refractivity contribution is -0.0590. The summed E-state index contributed by atoms with van der Waals surface area (Å²) < 4.78 is 17.7. The van der Waals surface area contributed by atoms with Crippen molar-refractivity contribution in [3.63, 3.8) is 0 Å². The molecule has 0 aromatic rings. The van der Waals surface area contributed by atoms with Gasteiger partial charge in [-0.05, 0) is 91.3 Å². The Morgan fingerprint density at radius 1 is 1.10 bits per heavy atom. The van der Waals surface area contributed by atoms with E-state index in [-0.39, 0.29) is 11.5 Å². The van der Waals surface area contributed by atoms with Crippen molar-refractivity contribution in [3.8, 4) is 0 Å². The number of carbonyl (C=O) groups excluding carboxylic acids is 1. The molecule has 3 saturated carbocycles. The van der Waals surface area contributed by atoms with Crippen molar-refractivity contribution in [2.45, 2.75) is 111 Å². The first-order valence-corrected chi connectivity index (χ1v) is 13.2. The van der Waals surface area contributed by atoms with Crippen LogP contribution in [0.4, 0.5) is 9.18 Å². The first-order valence-electron chi connectivity index (χ1n) is 13.2. The molecule has 2 nitrogen and oxygen atoms in total. The van der Waals surface area contributed by atoms with Crippen LogP contribution in [0.25, 0.3) is 0 Å². The van der Waals surface area contributed by atoms with Gasteiger partial charge in [-0.2, -0.15) is 0 Å². The molecule has 0 aromatic carbocycles. The average molecular weight is 433 g/mol. The Balaban J connectivity index is 1.47. The normalized spacial score (nSPS) is 42.9. The van der Waals surface area contributed by atoms with Gasteiger partial charge in [-0.15, -0.1) is 4.39 Å². The Labute approximate surface area is 189 Å². The average Bonchev–Trinajstić information content (AvgIpc) is 3.05. The van der Waals surface area contributed by atoms with Crippen LogP contribution in [0.3, 0.4) is 0 Å². The van der Waals surface area contributed by atoms with Gasteiger partial charge in [0.25, 0.3) is 0 Å². The van der Waals surface area contributed by atoms with Gasteiger partial charge in [0.2, 0.25) is 0 Å². The highest BCUT2D eigenvalue weighted by Gasteiger charge is 2.59. The zero-order chi connectivity index (χ0) is 22.4. The minimum atomic E-state index is -1.61. The number of ether oxygens (including phenoxy) is 1. The summed E-state index contributed by atoms with van der Waals surface area (Å²) in [5.41, 5.74) is 2.19. The van der Waals surface area contributed by atoms with E-state index in [2.05, 4.69) is 40.7 Å². The molecule has 8 atom stereocenters. The number of rotatable bonds is 6. The van der Waals surface area contributed by atoms with Gasteiger partial charge in [0.05, 0.1) is 0 Å². The fourth-order valence-electron chi connectivity index (χ4n) is 8.88. The maximum absolute atomic E-state index is 12.8. The van der Waals surface area contributed by atoms with Gasteiger partial charge in [-0.1, -0.05) is 65.5 Å². The van der Waals surface area contributed by atoms with Crippen LogP contribution in [-0.4, -0.2) is 12.3 Å². The first-order chi connectivity index (χ1) is 14.6. The van der Waals surface area contributed by atoms with E-state index >= 15 is 0 Å². The lowest BCUT2D eigenvalue weighted by Crippen LogP contribution is -2.51. The summed E-state index contributed by atoms with van der Waals surface area (Å²) in [5, 5.41) is 0. The van der Waals surface area contributed by atoms with Crippen LogP contribution in [0, 0.1) is 46.3 Å². The van der Waals surface area contributed by atoms with E-state index in [1.54, 1.807) is 0 Å². The maximum Gasteiger partial charge on any atom is 0.495 e. The van der Waals surface area contributed by atoms with Crippen LogP contribution in [0.5, 0.6) is 0 Å². The number of fused-ring (bicyclic) bond motifs is 5. The second-order valence-corrected chi connectivity index (χ2v) is 12.5. The molecule has 0 unspecified atom stereocenters. The molecule has 0 spiro atoms. The standard InChI is InChI=1S/C28H45FO2/c1-18(2)7-6-8-19(3)23-11-12-24-22-10-9-20-17-21(31-26(29)30)13-15-27(20,4)25(22)14-16-28(23,24)5/h9,18-19,21-25H,6-8,10-17H2,1-5H3/t19-,21+,22+,23-,24+,25+,27+,28-/m1/s1. The van der Waals surface area contributed by atoms with E-state index < -0.39 is 6.22 Å². The van der Waals surface area contributed by atoms with Crippen molar-refractivity contribution < 1.29 is 13.9 Å². The Bertz CT molecular complexity index is 699. The molecule has 31 heavy (non-hydrogen) atoms. The zero-order valence-corrected chi connectivity index (χ0v) is 20.6. The second kappa shape index (κ2) is 8.82. The van der Waals surface area contributed by atoms with Crippen LogP contribution in [0.1, 0.15) is 105 Å². The smallest absolute Gasteiger partial charge is 0.437 e. The molecule has 0 bridgehead atoms. The van der Waals surface area contributed by atoms with Gasteiger partial charge in [-0.3, -0.25) is 0 Å². The Hall–Kier alpha value is -0.860. The van der Waals surface area contributed by atoms with E-state index in [0.29, 0.717) is 5.41 Å². The van der Waals surface area contributed by atoms with Crippen LogP contribution in [-0.2, 0) is 4.74 Å². The molecule has 4 aliphatic rings. The lowest BCUT2D eigenvalue weighted by Gasteiger charge is -2.58. The van der Waals surface area contributed by atoms with Crippen LogP contribution >= 0.6 is 0 Å². The number of allylic oxidation sites excluding steroid dienone is 1. The van der Waals surface area contributed by atoms with Crippen molar-refractivity contribution in [3.05, 3.63) is 11.6 Å². The molecular weight excluding hydrogens is 387 g/mol. The molecular formula is C28H45FO2. The summed E-state index contributed by atoms with van der Waals surface area (Å²) in [6.07, 6.45) is 14.1. The molecule has 0 heterocycles. The van der Waals surface area contributed by atoms with Gasteiger partial charge in [-0.25, -0.2) is 4.79 Å². The van der Waals surface area contributed by atoms with Crippen LogP contribution in [0.15, 0.2) is 11.6 Å². The predicted molar refractivity (Wildman–Crippen MR) is 124 cm³/mol. The highest BCUT2D eigenvalue weighted by atomic mass is 19.1. The summed E-state index contributed by atoms with van der Waals surface area (Å²) in [4.78, 5) is 10.8. The second-order valence-electron chi connectivity index (χ2n) is 12.5. The SMILES string of the molecule is CC(C)CCC[C@@H](C)[C@H]1CC[C@H]2[C@@H]3CC=C4C[C@@H](OC(=O)F)CC[C@]4(C)[C@H]3CC[C@]12C. The first kappa shape index (κ1) is 23.3. The third-order valence-corrected chi connectivity index (χ3v) is 10.5. The monoisotopic (exact) mass is 432 g/mol. The largest absolute Gasteiger partial charge is 0.495 e. The number of carbonyl (C=O) groups is 1. The van der Waals surface area contributed by atoms with Crippen LogP contribution < -0.4 is 0 Å². The molecule has 4 aliphatic carbocycles. The van der Waals surface area contributed by atoms with E-state index in [4.69, 9.17) is 4.74 Å². The van der Waals surface area contributed by atoms with Crippen LogP contribution in [0.2, 0.25) is 0 Å². The van der Waals surface area contributed by atoms with Crippen molar-refractivity contribution in [2.24, 2.45) is 46.3 Å². The molecule has 4 rings (SSSR count). The maximum atomic E-state index is 12.8. The summed E-state index contributed by atoms with van der Waals surface area (Å²) in [7, 11) is 0. The Morgan fingerprint density at radius 3 is 2.58 bits per heavy atom. The molecule has 0 aliphatic heterocycles. The molecule has 0 N–H and O–H groups in total. The summed E-state index contributed by atoms with van der Waals surface area (Å²) in [6, 6.07) is 0. The quantitative estimate of drug-likeness (QED) is 0.310. The van der Waals surface area contributed by atoms with Gasteiger partial charge >= 0.3 is 6.22 Å². The lowest BCUT2D eigenvalue weighted by atomic mass is 9.47. The topological polar surface area (TPSA) is 26.3 Å². The van der Waals surface area contributed by atoms with E-state index in [1.165, 1.54) is 56.9 Å². The Morgan fingerprint density at radius 2 is 1.87 bits per heavy atom. The summed E-state index contributed by atoms with van der Waals surface area (Å²) in [5.74, 6) is 4.98. The third-order valence-electron chi connectivity index (χ3n) is 10.5. The van der Waals surface area contributed by atoms with Crippen molar-refractivity contribution in [1.82, 2.24) is 0 Å². The summed E-state index contributed by atoms with van der Waals surface area (Å²) >= 11 is 0. The summed E-state index contributed by atoms with van der Waals surface area (Å²) in [6.45, 7) is 12.3. The zero-order valence-electron chi connectivity index (χ0n) is 20.6. The van der Waals surface area contributed by atoms with Gasteiger partial charge in [0.1, 0.15) is 6.10 Å². The highest BCUT2D eigenvalue weighted by Crippen LogP contribution is 2.67. The molecule has 0 saturated heterocycles. The number of hydrogen-bond acceptors (Lipinski definition) is 2. The van der Waals surface area contributed by atoms with E-state index in [9.17, 15) is 9.18 Å². The fraction of sp³-hybridized carbons (Fsp3) is 0.893. The predicted octanol–water partition coefficient (Wildman–Crippen LogP) is 8.50. The molecule has 3 heteroatoms. The minimum absolute atomic E-state index is 0.227. The molecule has 176 valence electrons. The number of halogens is 1. The number of hydrogen-bond donors (Lipinski definition) is 0. The fourth-order valence-corrected chi connectivity index (χ4v) is 8.88. The molecule has 0 radical (unpaired) electrons. The third kappa shape index (κ3) is 4.24. The van der Waals surface area contributed by atoms with Crippen molar-refractivity contribution in [1.29, 1.82) is 0 Å². The van der Waals surface area contributed by atoms with Crippen molar-refractivity contribution in [2.75, 3.05) is 0 Å². The molecule has 3 fully saturated rings. The van der Waals surface area contributed by atoms with E-state index in [1.807, 2.05) is 0 Å². The van der Waals surface area contributed by atoms with Crippen molar-refractivity contribution >= 4 is 6.22 Å². The van der Waals surface area contributed by atoms with Gasteiger partial charge in [0, 0.05) is 6.42 Å². The van der Waals surface area contributed by atoms with Gasteiger partial charge < -0.3 is 4.74 Å². The minimum Gasteiger partial charge on any atom is -0.437 e. The Kier molecular flexibility index (Phi) is 6.63. The molecule has 0 aromatic heterocycles. The van der Waals surface area contributed by atoms with E-state index in [0.717, 1.165) is 54.8 Å².